The lowest BCUT2D eigenvalue weighted by Crippen LogP contribution is -2.11. The first-order valence-electron chi connectivity index (χ1n) is 4.76. The number of nitrogens with zero attached hydrogens (tertiary/aromatic N) is 1. The molecule has 14 heavy (non-hydrogen) atoms. The zero-order valence-corrected chi connectivity index (χ0v) is 9.35. The summed E-state index contributed by atoms with van der Waals surface area (Å²) in [5, 5.41) is 3.27. The van der Waals surface area contributed by atoms with Gasteiger partial charge in [-0.2, -0.15) is 4.39 Å². The monoisotopic (exact) mass is 258 g/mol. The number of halogens is 2. The van der Waals surface area contributed by atoms with E-state index in [-0.39, 0.29) is 5.95 Å². The molecule has 2 nitrogen and oxygen atoms in total. The van der Waals surface area contributed by atoms with Crippen LogP contribution in [0.25, 0.3) is 0 Å². The van der Waals surface area contributed by atoms with Gasteiger partial charge in [-0.05, 0) is 53.8 Å². The summed E-state index contributed by atoms with van der Waals surface area (Å²) in [5.41, 5.74) is 0.716. The normalized spacial score (nSPS) is 21.4. The van der Waals surface area contributed by atoms with Crippen LogP contribution in [0.3, 0.4) is 0 Å². The lowest BCUT2D eigenvalue weighted by molar-refractivity contribution is 0.522. The summed E-state index contributed by atoms with van der Waals surface area (Å²) in [6, 6.07) is 1.82. The van der Waals surface area contributed by atoms with E-state index < -0.39 is 0 Å². The quantitative estimate of drug-likeness (QED) is 0.823. The Hall–Kier alpha value is -0.480. The summed E-state index contributed by atoms with van der Waals surface area (Å²) in [7, 11) is 0. The van der Waals surface area contributed by atoms with E-state index in [1.54, 1.807) is 0 Å². The van der Waals surface area contributed by atoms with Crippen molar-refractivity contribution in [3.05, 3.63) is 28.2 Å². The van der Waals surface area contributed by atoms with E-state index in [2.05, 4.69) is 26.2 Å². The molecule has 0 bridgehead atoms. The molecule has 2 heterocycles. The molecule has 1 aromatic heterocycles. The van der Waals surface area contributed by atoms with E-state index in [9.17, 15) is 4.39 Å². The standard InChI is InChI=1S/C10H12BrFN2/c11-9-4-8(10(12)14-6-9)3-7-1-2-13-5-7/h4,6-7,13H,1-3,5H2. The summed E-state index contributed by atoms with van der Waals surface area (Å²) in [5.74, 6) is 0.223. The summed E-state index contributed by atoms with van der Waals surface area (Å²) < 4.78 is 14.1. The van der Waals surface area contributed by atoms with E-state index >= 15 is 0 Å². The van der Waals surface area contributed by atoms with Crippen molar-refractivity contribution in [2.45, 2.75) is 12.8 Å². The van der Waals surface area contributed by atoms with Crippen molar-refractivity contribution in [2.24, 2.45) is 5.92 Å². The number of hydrogen-bond acceptors (Lipinski definition) is 2. The molecule has 1 saturated heterocycles. The fraction of sp³-hybridized carbons (Fsp3) is 0.500. The van der Waals surface area contributed by atoms with Crippen LogP contribution in [0.2, 0.25) is 0 Å². The average Bonchev–Trinajstić information content (AvgIpc) is 2.64. The number of hydrogen-bond donors (Lipinski definition) is 1. The molecule has 2 rings (SSSR count). The van der Waals surface area contributed by atoms with Crippen LogP contribution in [-0.2, 0) is 6.42 Å². The van der Waals surface area contributed by atoms with Gasteiger partial charge in [-0.25, -0.2) is 4.98 Å². The first-order chi connectivity index (χ1) is 6.75. The van der Waals surface area contributed by atoms with Crippen LogP contribution in [0, 0.1) is 11.9 Å². The van der Waals surface area contributed by atoms with Crippen molar-refractivity contribution in [3.63, 3.8) is 0 Å². The van der Waals surface area contributed by atoms with Crippen LogP contribution in [0.15, 0.2) is 16.7 Å². The maximum absolute atomic E-state index is 13.3. The molecule has 1 fully saturated rings. The third-order valence-corrected chi connectivity index (χ3v) is 2.98. The predicted octanol–water partition coefficient (Wildman–Crippen LogP) is 2.14. The predicted molar refractivity (Wildman–Crippen MR) is 56.6 cm³/mol. The highest BCUT2D eigenvalue weighted by Gasteiger charge is 2.17. The van der Waals surface area contributed by atoms with Crippen LogP contribution in [-0.4, -0.2) is 18.1 Å². The van der Waals surface area contributed by atoms with Gasteiger partial charge in [0.2, 0.25) is 5.95 Å². The number of aromatic nitrogens is 1. The molecule has 1 atom stereocenters. The van der Waals surface area contributed by atoms with Crippen LogP contribution >= 0.6 is 15.9 Å². The second kappa shape index (κ2) is 4.36. The molecule has 1 aliphatic rings. The summed E-state index contributed by atoms with van der Waals surface area (Å²) in [6.07, 6.45) is 3.41. The van der Waals surface area contributed by atoms with Crippen molar-refractivity contribution in [1.82, 2.24) is 10.3 Å². The molecule has 1 N–H and O–H groups in total. The van der Waals surface area contributed by atoms with Crippen molar-refractivity contribution < 1.29 is 4.39 Å². The Balaban J connectivity index is 2.10. The zero-order chi connectivity index (χ0) is 9.97. The molecule has 76 valence electrons. The summed E-state index contributed by atoms with van der Waals surface area (Å²) >= 11 is 3.30. The van der Waals surface area contributed by atoms with E-state index in [1.807, 2.05) is 6.07 Å². The van der Waals surface area contributed by atoms with Crippen molar-refractivity contribution in [1.29, 1.82) is 0 Å². The highest BCUT2D eigenvalue weighted by Crippen LogP contribution is 2.19. The highest BCUT2D eigenvalue weighted by molar-refractivity contribution is 9.10. The van der Waals surface area contributed by atoms with Gasteiger partial charge in [-0.15, -0.1) is 0 Å². The van der Waals surface area contributed by atoms with Gasteiger partial charge in [0, 0.05) is 16.2 Å². The second-order valence-corrected chi connectivity index (χ2v) is 4.58. The van der Waals surface area contributed by atoms with Gasteiger partial charge in [-0.3, -0.25) is 0 Å². The molecule has 1 unspecified atom stereocenters. The Morgan fingerprint density at radius 3 is 3.21 bits per heavy atom. The molecular weight excluding hydrogens is 247 g/mol. The smallest absolute Gasteiger partial charge is 0.216 e. The fourth-order valence-corrected chi connectivity index (χ4v) is 2.19. The van der Waals surface area contributed by atoms with Crippen LogP contribution in [0.4, 0.5) is 4.39 Å². The third-order valence-electron chi connectivity index (χ3n) is 2.55. The van der Waals surface area contributed by atoms with Crippen molar-refractivity contribution in [3.8, 4) is 0 Å². The molecule has 0 spiro atoms. The van der Waals surface area contributed by atoms with Crippen LogP contribution in [0.5, 0.6) is 0 Å². The molecule has 0 radical (unpaired) electrons. The largest absolute Gasteiger partial charge is 0.316 e. The van der Waals surface area contributed by atoms with Gasteiger partial charge in [-0.1, -0.05) is 0 Å². The average molecular weight is 259 g/mol. The summed E-state index contributed by atoms with van der Waals surface area (Å²) in [4.78, 5) is 3.69. The Bertz CT molecular complexity index is 324. The molecule has 0 aromatic carbocycles. The summed E-state index contributed by atoms with van der Waals surface area (Å²) in [6.45, 7) is 2.04. The van der Waals surface area contributed by atoms with Gasteiger partial charge in [0.25, 0.3) is 0 Å². The molecule has 0 saturated carbocycles. The van der Waals surface area contributed by atoms with Gasteiger partial charge in [0.05, 0.1) is 0 Å². The first-order valence-corrected chi connectivity index (χ1v) is 5.55. The van der Waals surface area contributed by atoms with Crippen molar-refractivity contribution in [2.75, 3.05) is 13.1 Å². The first kappa shape index (κ1) is 10.1. The lowest BCUT2D eigenvalue weighted by Gasteiger charge is -2.08. The minimum absolute atomic E-state index is 0.333. The number of nitrogens with one attached hydrogen (secondary N) is 1. The Kier molecular flexibility index (Phi) is 3.13. The minimum atomic E-state index is -0.333. The fourth-order valence-electron chi connectivity index (χ4n) is 1.81. The van der Waals surface area contributed by atoms with Gasteiger partial charge in [0.1, 0.15) is 0 Å². The Labute approximate surface area is 91.1 Å². The van der Waals surface area contributed by atoms with Gasteiger partial charge in [0.15, 0.2) is 0 Å². The van der Waals surface area contributed by atoms with E-state index in [0.717, 1.165) is 30.4 Å². The SMILES string of the molecule is Fc1ncc(Br)cc1CC1CCNC1. The molecular formula is C10H12BrFN2. The topological polar surface area (TPSA) is 24.9 Å². The van der Waals surface area contributed by atoms with E-state index in [4.69, 9.17) is 0 Å². The molecule has 4 heteroatoms. The minimum Gasteiger partial charge on any atom is -0.316 e. The van der Waals surface area contributed by atoms with Crippen LogP contribution < -0.4 is 5.32 Å². The van der Waals surface area contributed by atoms with Gasteiger partial charge >= 0.3 is 0 Å². The molecule has 0 aliphatic carbocycles. The molecule has 0 amide bonds. The van der Waals surface area contributed by atoms with Crippen LogP contribution in [0.1, 0.15) is 12.0 Å². The lowest BCUT2D eigenvalue weighted by atomic mass is 10.00. The number of rotatable bonds is 2. The maximum Gasteiger partial charge on any atom is 0.216 e. The second-order valence-electron chi connectivity index (χ2n) is 3.67. The molecule has 1 aliphatic heterocycles. The van der Waals surface area contributed by atoms with E-state index in [1.165, 1.54) is 6.20 Å². The molecule has 1 aromatic rings. The van der Waals surface area contributed by atoms with Crippen molar-refractivity contribution >= 4 is 15.9 Å². The number of pyridine rings is 1. The Morgan fingerprint density at radius 1 is 1.64 bits per heavy atom. The highest BCUT2D eigenvalue weighted by atomic mass is 79.9. The Morgan fingerprint density at radius 2 is 2.50 bits per heavy atom. The third kappa shape index (κ3) is 2.30. The van der Waals surface area contributed by atoms with E-state index in [0.29, 0.717) is 11.5 Å². The zero-order valence-electron chi connectivity index (χ0n) is 7.76. The van der Waals surface area contributed by atoms with Gasteiger partial charge < -0.3 is 5.32 Å². The maximum atomic E-state index is 13.3.